The Hall–Kier alpha value is -7.38. The highest BCUT2D eigenvalue weighted by Crippen LogP contribution is 2.39. The van der Waals surface area contributed by atoms with Gasteiger partial charge in [-0.25, -0.2) is 15.0 Å². The molecule has 0 atom stereocenters. The minimum Gasteiger partial charge on any atom is -0.455 e. The number of hydrogen-bond donors (Lipinski definition) is 0. The summed E-state index contributed by atoms with van der Waals surface area (Å²) in [6, 6.07) is 49.3. The molecule has 11 aromatic rings. The lowest BCUT2D eigenvalue weighted by Gasteiger charge is -2.10. The molecule has 0 saturated carbocycles. The fourth-order valence-corrected chi connectivity index (χ4v) is 7.55. The molecule has 6 aromatic carbocycles. The van der Waals surface area contributed by atoms with Crippen molar-refractivity contribution in [2.45, 2.75) is 0 Å². The van der Waals surface area contributed by atoms with E-state index in [9.17, 15) is 0 Å². The van der Waals surface area contributed by atoms with E-state index < -0.39 is 0 Å². The summed E-state index contributed by atoms with van der Waals surface area (Å²) >= 11 is 0. The second kappa shape index (κ2) is 11.6. The first kappa shape index (κ1) is 29.4. The number of benzene rings is 6. The standard InChI is InChI=1S/C46H27N5O2/c1-4-19-39-31(12-1)38(27-51(39)30-22-24-47-25-23-30)28-10-7-11-29(26-28)44-48-45(36-17-8-15-34-32-13-2-5-20-40(32)52-42(34)36)50-46(49-44)37-18-9-16-35-33-14-3-6-21-41(33)53-43(35)37/h1-27H. The Morgan fingerprint density at radius 1 is 0.415 bits per heavy atom. The Morgan fingerprint density at radius 2 is 0.943 bits per heavy atom. The van der Waals surface area contributed by atoms with E-state index in [0.29, 0.717) is 17.5 Å². The normalized spacial score (nSPS) is 11.8. The average molecular weight is 682 g/mol. The SMILES string of the molecule is c1cc(-c2nc(-c3cccc4c3oc3ccccc34)nc(-c3cccc4c3oc3ccccc34)n2)cc(-c2cn(-c3ccncc3)c3ccccc23)c1. The number of rotatable bonds is 5. The summed E-state index contributed by atoms with van der Waals surface area (Å²) < 4.78 is 15.2. The van der Waals surface area contributed by atoms with Crippen molar-refractivity contribution in [1.29, 1.82) is 0 Å². The van der Waals surface area contributed by atoms with Crippen molar-refractivity contribution in [3.05, 3.63) is 164 Å². The number of furan rings is 2. The second-order valence-electron chi connectivity index (χ2n) is 13.1. The Kier molecular flexibility index (Phi) is 6.42. The van der Waals surface area contributed by atoms with Crippen molar-refractivity contribution in [1.82, 2.24) is 24.5 Å². The molecule has 7 nitrogen and oxygen atoms in total. The number of aromatic nitrogens is 5. The number of hydrogen-bond acceptors (Lipinski definition) is 6. The molecule has 5 heterocycles. The zero-order valence-corrected chi connectivity index (χ0v) is 28.1. The highest BCUT2D eigenvalue weighted by Gasteiger charge is 2.21. The summed E-state index contributed by atoms with van der Waals surface area (Å²) in [5, 5.41) is 5.25. The van der Waals surface area contributed by atoms with Gasteiger partial charge in [0.1, 0.15) is 22.3 Å². The van der Waals surface area contributed by atoms with Gasteiger partial charge in [0.15, 0.2) is 17.5 Å². The molecule has 0 radical (unpaired) electrons. The molecule has 7 heteroatoms. The van der Waals surface area contributed by atoms with Crippen LogP contribution in [0.15, 0.2) is 173 Å². The quantitative estimate of drug-likeness (QED) is 0.180. The van der Waals surface area contributed by atoms with Gasteiger partial charge < -0.3 is 13.4 Å². The molecule has 0 aliphatic carbocycles. The highest BCUT2D eigenvalue weighted by atomic mass is 16.3. The van der Waals surface area contributed by atoms with Crippen LogP contribution < -0.4 is 0 Å². The van der Waals surface area contributed by atoms with E-state index in [1.165, 1.54) is 0 Å². The van der Waals surface area contributed by atoms with Crippen LogP contribution in [0.2, 0.25) is 0 Å². The first-order chi connectivity index (χ1) is 26.3. The van der Waals surface area contributed by atoms with Crippen LogP contribution in [0.4, 0.5) is 0 Å². The maximum atomic E-state index is 6.47. The Balaban J connectivity index is 1.14. The summed E-state index contributed by atoms with van der Waals surface area (Å²) in [6.45, 7) is 0. The molecular formula is C46H27N5O2. The Labute approximate surface area is 302 Å². The monoisotopic (exact) mass is 681 g/mol. The van der Waals surface area contributed by atoms with Crippen molar-refractivity contribution < 1.29 is 8.83 Å². The molecule has 0 saturated heterocycles. The van der Waals surface area contributed by atoms with E-state index in [2.05, 4.69) is 88.5 Å². The van der Waals surface area contributed by atoms with Crippen molar-refractivity contribution in [2.24, 2.45) is 0 Å². The van der Waals surface area contributed by atoms with E-state index in [-0.39, 0.29) is 0 Å². The zero-order chi connectivity index (χ0) is 34.9. The summed E-state index contributed by atoms with van der Waals surface area (Å²) in [4.78, 5) is 19.7. The van der Waals surface area contributed by atoms with Crippen LogP contribution in [0.1, 0.15) is 0 Å². The highest BCUT2D eigenvalue weighted by molar-refractivity contribution is 6.10. The number of fused-ring (bicyclic) bond motifs is 7. The maximum Gasteiger partial charge on any atom is 0.167 e. The molecule has 0 aliphatic rings. The third-order valence-corrected chi connectivity index (χ3v) is 10.0. The molecule has 11 rings (SSSR count). The van der Waals surface area contributed by atoms with Crippen LogP contribution in [-0.2, 0) is 0 Å². The lowest BCUT2D eigenvalue weighted by Crippen LogP contribution is -2.00. The molecule has 0 bridgehead atoms. The van der Waals surface area contributed by atoms with Crippen LogP contribution >= 0.6 is 0 Å². The van der Waals surface area contributed by atoms with Crippen molar-refractivity contribution >= 4 is 54.8 Å². The third-order valence-electron chi connectivity index (χ3n) is 10.0. The molecular weight excluding hydrogens is 655 g/mol. The van der Waals surface area contributed by atoms with Gasteiger partial charge in [-0.05, 0) is 54.1 Å². The van der Waals surface area contributed by atoms with Gasteiger partial charge in [0.25, 0.3) is 0 Å². The second-order valence-corrected chi connectivity index (χ2v) is 13.1. The number of pyridine rings is 1. The predicted octanol–water partition coefficient (Wildman–Crippen LogP) is 11.7. The molecule has 248 valence electrons. The summed E-state index contributed by atoms with van der Waals surface area (Å²) in [6.07, 6.45) is 5.82. The number of para-hydroxylation sites is 5. The van der Waals surface area contributed by atoms with Gasteiger partial charge in [-0.2, -0.15) is 0 Å². The molecule has 0 N–H and O–H groups in total. The van der Waals surface area contributed by atoms with Crippen LogP contribution in [0.3, 0.4) is 0 Å². The molecule has 0 fully saturated rings. The number of nitrogens with zero attached hydrogens (tertiary/aromatic N) is 5. The smallest absolute Gasteiger partial charge is 0.167 e. The topological polar surface area (TPSA) is 82.8 Å². The van der Waals surface area contributed by atoms with Crippen molar-refractivity contribution in [2.75, 3.05) is 0 Å². The van der Waals surface area contributed by atoms with Gasteiger partial charge in [0.2, 0.25) is 0 Å². The molecule has 0 unspecified atom stereocenters. The lowest BCUT2D eigenvalue weighted by molar-refractivity contribution is 0.669. The fraction of sp³-hybridized carbons (Fsp3) is 0. The van der Waals surface area contributed by atoms with E-state index in [1.807, 2.05) is 85.2 Å². The summed E-state index contributed by atoms with van der Waals surface area (Å²) in [7, 11) is 0. The first-order valence-corrected chi connectivity index (χ1v) is 17.5. The van der Waals surface area contributed by atoms with E-state index >= 15 is 0 Å². The third kappa shape index (κ3) is 4.68. The molecule has 0 aliphatic heterocycles. The van der Waals surface area contributed by atoms with Gasteiger partial charge in [-0.3, -0.25) is 4.98 Å². The molecule has 0 spiro atoms. The van der Waals surface area contributed by atoms with Gasteiger partial charge >= 0.3 is 0 Å². The maximum absolute atomic E-state index is 6.47. The average Bonchev–Trinajstić information content (AvgIpc) is 3.93. The molecule has 53 heavy (non-hydrogen) atoms. The molecule has 0 amide bonds. The zero-order valence-electron chi connectivity index (χ0n) is 28.1. The van der Waals surface area contributed by atoms with Gasteiger partial charge in [0, 0.05) is 62.3 Å². The molecule has 5 aromatic heterocycles. The van der Waals surface area contributed by atoms with Gasteiger partial charge in [-0.15, -0.1) is 0 Å². The predicted molar refractivity (Wildman–Crippen MR) is 211 cm³/mol. The van der Waals surface area contributed by atoms with Crippen molar-refractivity contribution in [3.63, 3.8) is 0 Å². The van der Waals surface area contributed by atoms with Gasteiger partial charge in [-0.1, -0.05) is 97.1 Å². The lowest BCUT2D eigenvalue weighted by atomic mass is 10.0. The van der Waals surface area contributed by atoms with E-state index in [0.717, 1.165) is 88.3 Å². The fourth-order valence-electron chi connectivity index (χ4n) is 7.55. The largest absolute Gasteiger partial charge is 0.455 e. The van der Waals surface area contributed by atoms with Crippen LogP contribution in [0.5, 0.6) is 0 Å². The Bertz CT molecular complexity index is 3060. The van der Waals surface area contributed by atoms with Gasteiger partial charge in [0.05, 0.1) is 16.6 Å². The van der Waals surface area contributed by atoms with E-state index in [1.54, 1.807) is 0 Å². The minimum atomic E-state index is 0.516. The minimum absolute atomic E-state index is 0.516. The van der Waals surface area contributed by atoms with Crippen LogP contribution in [-0.4, -0.2) is 24.5 Å². The van der Waals surface area contributed by atoms with Crippen molar-refractivity contribution in [3.8, 4) is 51.0 Å². The van der Waals surface area contributed by atoms with E-state index in [4.69, 9.17) is 23.8 Å². The summed E-state index contributed by atoms with van der Waals surface area (Å²) in [5.41, 5.74) is 9.85. The Morgan fingerprint density at radius 3 is 1.60 bits per heavy atom. The van der Waals surface area contributed by atoms with Crippen LogP contribution in [0.25, 0.3) is 106 Å². The summed E-state index contributed by atoms with van der Waals surface area (Å²) in [5.74, 6) is 1.58. The van der Waals surface area contributed by atoms with Crippen LogP contribution in [0, 0.1) is 0 Å². The first-order valence-electron chi connectivity index (χ1n) is 17.5.